The molecular weight excluding hydrogens is 374 g/mol. The van der Waals surface area contributed by atoms with Gasteiger partial charge in [0.1, 0.15) is 10.8 Å². The molecule has 0 aliphatic heterocycles. The van der Waals surface area contributed by atoms with Crippen LogP contribution in [-0.4, -0.2) is 19.0 Å². The molecule has 0 spiro atoms. The summed E-state index contributed by atoms with van der Waals surface area (Å²) < 4.78 is 5.05. The molecule has 132 valence electrons. The first-order valence-corrected chi connectivity index (χ1v) is 8.79. The molecule has 0 saturated carbocycles. The van der Waals surface area contributed by atoms with Gasteiger partial charge in [0.2, 0.25) is 0 Å². The molecule has 2 aromatic carbocycles. The number of hydrogen-bond acceptors (Lipinski definition) is 5. The van der Waals surface area contributed by atoms with Crippen LogP contribution >= 0.6 is 22.9 Å². The Kier molecular flexibility index (Phi) is 5.25. The number of nitrogens with one attached hydrogen (secondary N) is 1. The predicted octanol–water partition coefficient (Wildman–Crippen LogP) is 3.69. The number of aromatic carboxylic acids is 1. The third-order valence-corrected chi connectivity index (χ3v) is 4.88. The first-order chi connectivity index (χ1) is 12.5. The number of carbonyl (C=O) groups excluding carboxylic acids is 2. The second-order valence-corrected chi connectivity index (χ2v) is 6.65. The summed E-state index contributed by atoms with van der Waals surface area (Å²) in [5.41, 5.74) is 1.47. The number of benzene rings is 2. The average Bonchev–Trinajstić information content (AvgIpc) is 3.06. The Balaban J connectivity index is 1.91. The third-order valence-electron chi connectivity index (χ3n) is 3.73. The maximum Gasteiger partial charge on any atom is 0.256 e. The topological polar surface area (TPSA) is 78.5 Å². The Labute approximate surface area is 158 Å². The largest absolute Gasteiger partial charge is 0.545 e. The minimum atomic E-state index is -1.36. The summed E-state index contributed by atoms with van der Waals surface area (Å²) in [4.78, 5) is 24.1. The molecule has 0 saturated heterocycles. The van der Waals surface area contributed by atoms with Gasteiger partial charge in [0.05, 0.1) is 13.1 Å². The number of hydrogen-bond donors (Lipinski definition) is 1. The van der Waals surface area contributed by atoms with Crippen molar-refractivity contribution in [3.63, 3.8) is 0 Å². The van der Waals surface area contributed by atoms with Gasteiger partial charge in [-0.2, -0.15) is 0 Å². The van der Waals surface area contributed by atoms with Crippen LogP contribution in [0.2, 0.25) is 5.02 Å². The molecular formula is C19H13ClNO4S-. The molecule has 0 aliphatic carbocycles. The van der Waals surface area contributed by atoms with Gasteiger partial charge in [0, 0.05) is 27.1 Å². The normalized spacial score (nSPS) is 10.4. The first kappa shape index (κ1) is 18.0. The fourth-order valence-electron chi connectivity index (χ4n) is 2.41. The minimum Gasteiger partial charge on any atom is -0.545 e. The Morgan fingerprint density at radius 1 is 1.08 bits per heavy atom. The summed E-state index contributed by atoms with van der Waals surface area (Å²) in [5, 5.41) is 16.7. The number of thiophene rings is 1. The van der Waals surface area contributed by atoms with Crippen LogP contribution in [-0.2, 0) is 0 Å². The monoisotopic (exact) mass is 386 g/mol. The van der Waals surface area contributed by atoms with Crippen LogP contribution < -0.4 is 15.2 Å². The van der Waals surface area contributed by atoms with Crippen LogP contribution in [0, 0.1) is 0 Å². The van der Waals surface area contributed by atoms with E-state index < -0.39 is 11.9 Å². The van der Waals surface area contributed by atoms with Gasteiger partial charge in [-0.25, -0.2) is 0 Å². The van der Waals surface area contributed by atoms with Gasteiger partial charge in [0.25, 0.3) is 5.91 Å². The van der Waals surface area contributed by atoms with Crippen molar-refractivity contribution in [3.8, 4) is 16.9 Å². The molecule has 1 N–H and O–H groups in total. The summed E-state index contributed by atoms with van der Waals surface area (Å²) in [6, 6.07) is 13.3. The zero-order chi connectivity index (χ0) is 18.7. The number of carboxylic acid groups (broad SMARTS) is 1. The Morgan fingerprint density at radius 3 is 2.31 bits per heavy atom. The maximum absolute atomic E-state index is 12.4. The van der Waals surface area contributed by atoms with E-state index in [0.29, 0.717) is 27.5 Å². The molecule has 0 unspecified atom stereocenters. The summed E-state index contributed by atoms with van der Waals surface area (Å²) >= 11 is 7.00. The van der Waals surface area contributed by atoms with Gasteiger partial charge < -0.3 is 20.0 Å². The molecule has 0 bridgehead atoms. The molecule has 3 aromatic rings. The number of ether oxygens (including phenoxy) is 1. The second-order valence-electron chi connectivity index (χ2n) is 5.33. The highest BCUT2D eigenvalue weighted by atomic mass is 35.5. The molecule has 1 aromatic heterocycles. The molecule has 0 radical (unpaired) electrons. The van der Waals surface area contributed by atoms with E-state index in [4.69, 9.17) is 16.3 Å². The van der Waals surface area contributed by atoms with Crippen LogP contribution in [0.4, 0.5) is 5.00 Å². The number of methoxy groups -OCH3 is 1. The zero-order valence-corrected chi connectivity index (χ0v) is 15.2. The quantitative estimate of drug-likeness (QED) is 0.725. The van der Waals surface area contributed by atoms with Gasteiger partial charge in [-0.3, -0.25) is 4.79 Å². The van der Waals surface area contributed by atoms with E-state index in [1.165, 1.54) is 7.11 Å². The van der Waals surface area contributed by atoms with Crippen LogP contribution in [0.3, 0.4) is 0 Å². The third kappa shape index (κ3) is 3.71. The van der Waals surface area contributed by atoms with E-state index in [1.54, 1.807) is 53.9 Å². The lowest BCUT2D eigenvalue weighted by atomic mass is 10.0. The molecule has 0 aliphatic rings. The highest BCUT2D eigenvalue weighted by Gasteiger charge is 2.17. The summed E-state index contributed by atoms with van der Waals surface area (Å²) in [6.07, 6.45) is 0. The lowest BCUT2D eigenvalue weighted by molar-refractivity contribution is -0.254. The predicted molar refractivity (Wildman–Crippen MR) is 100 cm³/mol. The fourth-order valence-corrected chi connectivity index (χ4v) is 3.49. The van der Waals surface area contributed by atoms with Crippen molar-refractivity contribution in [1.82, 2.24) is 0 Å². The van der Waals surface area contributed by atoms with Gasteiger partial charge in [-0.15, -0.1) is 11.3 Å². The van der Waals surface area contributed by atoms with Crippen LogP contribution in [0.15, 0.2) is 53.9 Å². The smallest absolute Gasteiger partial charge is 0.256 e. The van der Waals surface area contributed by atoms with E-state index in [1.807, 2.05) is 0 Å². The van der Waals surface area contributed by atoms with E-state index in [2.05, 4.69) is 5.32 Å². The molecule has 7 heteroatoms. The SMILES string of the molecule is COc1ccc(C(=O)Nc2scc(-c3ccc(Cl)cc3)c2C(=O)[O-])cc1. The number of rotatable bonds is 5. The van der Waals surface area contributed by atoms with Crippen LogP contribution in [0.1, 0.15) is 20.7 Å². The van der Waals surface area contributed by atoms with Crippen LogP contribution in [0.25, 0.3) is 11.1 Å². The molecule has 1 heterocycles. The summed E-state index contributed by atoms with van der Waals surface area (Å²) in [6.45, 7) is 0. The highest BCUT2D eigenvalue weighted by molar-refractivity contribution is 7.15. The molecule has 1 amide bonds. The van der Waals surface area contributed by atoms with Crippen molar-refractivity contribution >= 4 is 39.8 Å². The molecule has 0 fully saturated rings. The van der Waals surface area contributed by atoms with Crippen molar-refractivity contribution in [3.05, 3.63) is 70.1 Å². The number of halogens is 1. The fraction of sp³-hybridized carbons (Fsp3) is 0.0526. The standard InChI is InChI=1S/C19H14ClNO4S/c1-25-14-8-4-12(5-9-14)17(22)21-18-16(19(23)24)15(10-26-18)11-2-6-13(20)7-3-11/h2-10H,1H3,(H,21,22)(H,23,24)/p-1. The highest BCUT2D eigenvalue weighted by Crippen LogP contribution is 2.36. The molecule has 26 heavy (non-hydrogen) atoms. The second kappa shape index (κ2) is 7.59. The van der Waals surface area contributed by atoms with Crippen molar-refractivity contribution < 1.29 is 19.4 Å². The number of carbonyl (C=O) groups is 2. The maximum atomic E-state index is 12.4. The van der Waals surface area contributed by atoms with Gasteiger partial charge in [0.15, 0.2) is 0 Å². The van der Waals surface area contributed by atoms with Crippen molar-refractivity contribution in [2.75, 3.05) is 12.4 Å². The van der Waals surface area contributed by atoms with Gasteiger partial charge in [-0.05, 0) is 42.0 Å². The van der Waals surface area contributed by atoms with E-state index in [0.717, 1.165) is 11.3 Å². The molecule has 5 nitrogen and oxygen atoms in total. The Morgan fingerprint density at radius 2 is 1.73 bits per heavy atom. The molecule has 0 atom stereocenters. The summed E-state index contributed by atoms with van der Waals surface area (Å²) in [7, 11) is 1.53. The number of carboxylic acids is 1. The van der Waals surface area contributed by atoms with Crippen molar-refractivity contribution in [1.29, 1.82) is 0 Å². The summed E-state index contributed by atoms with van der Waals surface area (Å²) in [5.74, 6) is -1.15. The van der Waals surface area contributed by atoms with Crippen LogP contribution in [0.5, 0.6) is 5.75 Å². The first-order valence-electron chi connectivity index (χ1n) is 7.53. The van der Waals surface area contributed by atoms with E-state index in [9.17, 15) is 14.7 Å². The number of amides is 1. The van der Waals surface area contributed by atoms with E-state index in [-0.39, 0.29) is 10.6 Å². The molecule has 3 rings (SSSR count). The minimum absolute atomic E-state index is 0.0563. The lowest BCUT2D eigenvalue weighted by Gasteiger charge is -2.10. The Bertz CT molecular complexity index is 949. The lowest BCUT2D eigenvalue weighted by Crippen LogP contribution is -2.24. The Hall–Kier alpha value is -2.83. The van der Waals surface area contributed by atoms with Gasteiger partial charge >= 0.3 is 0 Å². The number of anilines is 1. The van der Waals surface area contributed by atoms with Gasteiger partial charge in [-0.1, -0.05) is 23.7 Å². The van der Waals surface area contributed by atoms with Crippen molar-refractivity contribution in [2.45, 2.75) is 0 Å². The average molecular weight is 387 g/mol. The zero-order valence-electron chi connectivity index (χ0n) is 13.6. The van der Waals surface area contributed by atoms with Crippen molar-refractivity contribution in [2.24, 2.45) is 0 Å². The van der Waals surface area contributed by atoms with E-state index >= 15 is 0 Å².